The van der Waals surface area contributed by atoms with Gasteiger partial charge in [-0.25, -0.2) is 9.97 Å². The SMILES string of the molecule is CCCc1cc(NCC)nc(CSc2ccccc2C)n1. The first kappa shape index (κ1) is 15.8. The van der Waals surface area contributed by atoms with Gasteiger partial charge in [-0.15, -0.1) is 11.8 Å². The van der Waals surface area contributed by atoms with E-state index in [0.717, 1.165) is 42.5 Å². The molecule has 1 heterocycles. The Balaban J connectivity index is 2.13. The zero-order valence-corrected chi connectivity index (χ0v) is 13.8. The molecule has 2 rings (SSSR count). The minimum absolute atomic E-state index is 0.806. The summed E-state index contributed by atoms with van der Waals surface area (Å²) in [6, 6.07) is 10.5. The van der Waals surface area contributed by atoms with Crippen LogP contribution in [0.4, 0.5) is 5.82 Å². The van der Waals surface area contributed by atoms with E-state index in [0.29, 0.717) is 0 Å². The lowest BCUT2D eigenvalue weighted by atomic mass is 10.2. The van der Waals surface area contributed by atoms with Crippen molar-refractivity contribution in [1.29, 1.82) is 0 Å². The topological polar surface area (TPSA) is 37.8 Å². The second-order valence-electron chi connectivity index (χ2n) is 5.00. The molecule has 0 amide bonds. The second-order valence-corrected chi connectivity index (χ2v) is 6.01. The van der Waals surface area contributed by atoms with Crippen LogP contribution >= 0.6 is 11.8 Å². The summed E-state index contributed by atoms with van der Waals surface area (Å²) in [5, 5.41) is 3.30. The molecule has 3 nitrogen and oxygen atoms in total. The maximum Gasteiger partial charge on any atom is 0.141 e. The first-order chi connectivity index (χ1) is 10.2. The maximum absolute atomic E-state index is 4.68. The Morgan fingerprint density at radius 1 is 1.14 bits per heavy atom. The van der Waals surface area contributed by atoms with E-state index < -0.39 is 0 Å². The lowest BCUT2D eigenvalue weighted by molar-refractivity contribution is 0.853. The van der Waals surface area contributed by atoms with Crippen LogP contribution in [0.1, 0.15) is 37.4 Å². The minimum atomic E-state index is 0.806. The van der Waals surface area contributed by atoms with Crippen molar-refractivity contribution >= 4 is 17.6 Å². The van der Waals surface area contributed by atoms with E-state index in [4.69, 9.17) is 0 Å². The van der Waals surface area contributed by atoms with Gasteiger partial charge in [-0.2, -0.15) is 0 Å². The van der Waals surface area contributed by atoms with Crippen LogP contribution in [-0.4, -0.2) is 16.5 Å². The van der Waals surface area contributed by atoms with E-state index in [1.165, 1.54) is 10.5 Å². The quantitative estimate of drug-likeness (QED) is 0.766. The standard InChI is InChI=1S/C17H23N3S/c1-4-8-14-11-16(18-5-2)20-17(19-14)12-21-15-10-7-6-9-13(15)3/h6-7,9-11H,4-5,8,12H2,1-3H3,(H,18,19,20). The molecule has 0 saturated heterocycles. The predicted octanol–water partition coefficient (Wildman–Crippen LogP) is 4.46. The fourth-order valence-electron chi connectivity index (χ4n) is 2.13. The Morgan fingerprint density at radius 3 is 2.67 bits per heavy atom. The number of hydrogen-bond acceptors (Lipinski definition) is 4. The van der Waals surface area contributed by atoms with E-state index in [1.807, 2.05) is 0 Å². The molecular weight excluding hydrogens is 278 g/mol. The third kappa shape index (κ3) is 4.74. The molecule has 1 aromatic carbocycles. The van der Waals surface area contributed by atoms with Crippen molar-refractivity contribution in [2.24, 2.45) is 0 Å². The van der Waals surface area contributed by atoms with E-state index in [2.05, 4.69) is 66.4 Å². The van der Waals surface area contributed by atoms with Gasteiger partial charge in [-0.3, -0.25) is 0 Å². The molecule has 0 bridgehead atoms. The third-order valence-electron chi connectivity index (χ3n) is 3.14. The van der Waals surface area contributed by atoms with Crippen LogP contribution in [0.15, 0.2) is 35.2 Å². The van der Waals surface area contributed by atoms with Crippen molar-refractivity contribution < 1.29 is 0 Å². The number of anilines is 1. The zero-order chi connectivity index (χ0) is 15.1. The normalized spacial score (nSPS) is 10.6. The van der Waals surface area contributed by atoms with Crippen LogP contribution in [0.25, 0.3) is 0 Å². The summed E-state index contributed by atoms with van der Waals surface area (Å²) in [5.74, 6) is 2.65. The first-order valence-corrected chi connectivity index (χ1v) is 8.50. The highest BCUT2D eigenvalue weighted by Crippen LogP contribution is 2.25. The highest BCUT2D eigenvalue weighted by Gasteiger charge is 2.06. The molecule has 0 aliphatic heterocycles. The van der Waals surface area contributed by atoms with Gasteiger partial charge in [-0.05, 0) is 31.9 Å². The van der Waals surface area contributed by atoms with Gasteiger partial charge in [0.05, 0.1) is 5.75 Å². The Bertz CT molecular complexity index is 560. The molecule has 0 radical (unpaired) electrons. The summed E-state index contributed by atoms with van der Waals surface area (Å²) in [5.41, 5.74) is 2.43. The second kappa shape index (κ2) is 8.03. The zero-order valence-electron chi connectivity index (χ0n) is 13.0. The Hall–Kier alpha value is -1.55. The molecule has 2 aromatic rings. The van der Waals surface area contributed by atoms with Gasteiger partial charge in [-0.1, -0.05) is 31.5 Å². The molecule has 21 heavy (non-hydrogen) atoms. The number of aryl methyl sites for hydroxylation is 2. The Labute approximate surface area is 131 Å². The third-order valence-corrected chi connectivity index (χ3v) is 4.31. The van der Waals surface area contributed by atoms with Crippen molar-refractivity contribution in [1.82, 2.24) is 9.97 Å². The van der Waals surface area contributed by atoms with Crippen LogP contribution in [-0.2, 0) is 12.2 Å². The van der Waals surface area contributed by atoms with E-state index in [-0.39, 0.29) is 0 Å². The fraction of sp³-hybridized carbons (Fsp3) is 0.412. The number of thioether (sulfide) groups is 1. The molecule has 1 aromatic heterocycles. The molecule has 0 spiro atoms. The van der Waals surface area contributed by atoms with Gasteiger partial charge in [0.25, 0.3) is 0 Å². The summed E-state index contributed by atoms with van der Waals surface area (Å²) in [6.45, 7) is 7.29. The predicted molar refractivity (Wildman–Crippen MR) is 90.9 cm³/mol. The smallest absolute Gasteiger partial charge is 0.141 e. The van der Waals surface area contributed by atoms with Crippen LogP contribution in [0.2, 0.25) is 0 Å². The van der Waals surface area contributed by atoms with Crippen molar-refractivity contribution in [3.63, 3.8) is 0 Å². The lowest BCUT2D eigenvalue weighted by Gasteiger charge is -2.09. The van der Waals surface area contributed by atoms with Crippen molar-refractivity contribution in [3.05, 3.63) is 47.4 Å². The van der Waals surface area contributed by atoms with Crippen molar-refractivity contribution in [2.45, 2.75) is 44.3 Å². The highest BCUT2D eigenvalue weighted by atomic mass is 32.2. The minimum Gasteiger partial charge on any atom is -0.370 e. The van der Waals surface area contributed by atoms with Crippen LogP contribution < -0.4 is 5.32 Å². The Kier molecular flexibility index (Phi) is 6.05. The molecule has 0 unspecified atom stereocenters. The average molecular weight is 301 g/mol. The first-order valence-electron chi connectivity index (χ1n) is 7.52. The van der Waals surface area contributed by atoms with Gasteiger partial charge in [0.15, 0.2) is 0 Å². The number of aromatic nitrogens is 2. The van der Waals surface area contributed by atoms with Gasteiger partial charge >= 0.3 is 0 Å². The maximum atomic E-state index is 4.68. The fourth-order valence-corrected chi connectivity index (χ4v) is 3.02. The molecular formula is C17H23N3S. The number of benzene rings is 1. The lowest BCUT2D eigenvalue weighted by Crippen LogP contribution is -2.05. The number of rotatable bonds is 7. The molecule has 0 atom stereocenters. The summed E-state index contributed by atoms with van der Waals surface area (Å²) in [4.78, 5) is 10.6. The molecule has 0 aliphatic rings. The number of nitrogens with one attached hydrogen (secondary N) is 1. The van der Waals surface area contributed by atoms with E-state index >= 15 is 0 Å². The van der Waals surface area contributed by atoms with Gasteiger partial charge in [0.2, 0.25) is 0 Å². The summed E-state index contributed by atoms with van der Waals surface area (Å²) in [6.07, 6.45) is 2.11. The monoisotopic (exact) mass is 301 g/mol. The molecule has 0 fully saturated rings. The Morgan fingerprint density at radius 2 is 1.95 bits per heavy atom. The number of nitrogens with zero attached hydrogens (tertiary/aromatic N) is 2. The summed E-state index contributed by atoms with van der Waals surface area (Å²) in [7, 11) is 0. The van der Waals surface area contributed by atoms with Gasteiger partial charge in [0, 0.05) is 23.2 Å². The van der Waals surface area contributed by atoms with Crippen LogP contribution in [0.5, 0.6) is 0 Å². The summed E-state index contributed by atoms with van der Waals surface area (Å²) < 4.78 is 0. The molecule has 4 heteroatoms. The van der Waals surface area contributed by atoms with Gasteiger partial charge < -0.3 is 5.32 Å². The van der Waals surface area contributed by atoms with E-state index in [1.54, 1.807) is 11.8 Å². The largest absolute Gasteiger partial charge is 0.370 e. The molecule has 0 aliphatic carbocycles. The van der Waals surface area contributed by atoms with Gasteiger partial charge in [0.1, 0.15) is 11.6 Å². The van der Waals surface area contributed by atoms with Crippen molar-refractivity contribution in [3.8, 4) is 0 Å². The van der Waals surface area contributed by atoms with Crippen LogP contribution in [0.3, 0.4) is 0 Å². The molecule has 112 valence electrons. The van der Waals surface area contributed by atoms with Crippen molar-refractivity contribution in [2.75, 3.05) is 11.9 Å². The molecule has 0 saturated carbocycles. The van der Waals surface area contributed by atoms with Crippen LogP contribution in [0, 0.1) is 6.92 Å². The average Bonchev–Trinajstić information content (AvgIpc) is 2.47. The number of hydrogen-bond donors (Lipinski definition) is 1. The summed E-state index contributed by atoms with van der Waals surface area (Å²) >= 11 is 1.80. The molecule has 1 N–H and O–H groups in total. The highest BCUT2D eigenvalue weighted by molar-refractivity contribution is 7.98. The van der Waals surface area contributed by atoms with E-state index in [9.17, 15) is 0 Å².